The summed E-state index contributed by atoms with van der Waals surface area (Å²) in [5.74, 6) is -0.183. The first-order valence-corrected chi connectivity index (χ1v) is 6.25. The van der Waals surface area contributed by atoms with Crippen LogP contribution in [0.4, 0.5) is 0 Å². The lowest BCUT2D eigenvalue weighted by Gasteiger charge is -2.29. The maximum atomic E-state index is 12.2. The largest absolute Gasteiger partial charge is 0.338 e. The minimum Gasteiger partial charge on any atom is -0.338 e. The summed E-state index contributed by atoms with van der Waals surface area (Å²) in [5, 5.41) is 16.2. The van der Waals surface area contributed by atoms with Crippen LogP contribution in [0.1, 0.15) is 23.2 Å². The van der Waals surface area contributed by atoms with Gasteiger partial charge in [-0.25, -0.2) is 0 Å². The highest BCUT2D eigenvalue weighted by Gasteiger charge is 2.25. The molecule has 0 spiro atoms. The Balaban J connectivity index is 2.13. The number of piperidine rings is 1. The molecular formula is C11H10Cl2N4O. The molecule has 0 N–H and O–H groups in total. The van der Waals surface area contributed by atoms with E-state index in [0.29, 0.717) is 25.9 Å². The number of rotatable bonds is 1. The zero-order valence-electron chi connectivity index (χ0n) is 9.44. The Bertz CT molecular complexity index is 506. The third-order valence-electron chi connectivity index (χ3n) is 2.91. The van der Waals surface area contributed by atoms with Crippen molar-refractivity contribution in [2.45, 2.75) is 12.8 Å². The first-order valence-electron chi connectivity index (χ1n) is 5.49. The Morgan fingerprint density at radius 2 is 2.06 bits per heavy atom. The van der Waals surface area contributed by atoms with Gasteiger partial charge in [0.1, 0.15) is 0 Å². The minimum absolute atomic E-state index is 0.0312. The fourth-order valence-electron chi connectivity index (χ4n) is 1.89. The Morgan fingerprint density at radius 1 is 1.39 bits per heavy atom. The van der Waals surface area contributed by atoms with Gasteiger partial charge in [0.05, 0.1) is 11.6 Å². The van der Waals surface area contributed by atoms with E-state index < -0.39 is 0 Å². The Morgan fingerprint density at radius 3 is 2.67 bits per heavy atom. The van der Waals surface area contributed by atoms with Crippen molar-refractivity contribution in [2.24, 2.45) is 5.92 Å². The van der Waals surface area contributed by atoms with Crippen LogP contribution in [0.5, 0.6) is 0 Å². The molecule has 7 heteroatoms. The molecule has 0 saturated carbocycles. The van der Waals surface area contributed by atoms with E-state index >= 15 is 0 Å². The first-order chi connectivity index (χ1) is 8.61. The number of carbonyl (C=O) groups excluding carboxylic acids is 1. The normalized spacial score (nSPS) is 16.4. The second-order valence-corrected chi connectivity index (χ2v) is 4.81. The van der Waals surface area contributed by atoms with Crippen LogP contribution in [-0.4, -0.2) is 34.1 Å². The van der Waals surface area contributed by atoms with Gasteiger partial charge in [-0.3, -0.25) is 4.79 Å². The molecule has 2 rings (SSSR count). The molecule has 1 aromatic heterocycles. The fourth-order valence-corrected chi connectivity index (χ4v) is 2.21. The lowest BCUT2D eigenvalue weighted by molar-refractivity contribution is 0.0707. The van der Waals surface area contributed by atoms with Crippen molar-refractivity contribution in [3.05, 3.63) is 21.9 Å². The molecule has 1 saturated heterocycles. The number of carbonyl (C=O) groups is 1. The summed E-state index contributed by atoms with van der Waals surface area (Å²) in [6.07, 6.45) is 1.37. The quantitative estimate of drug-likeness (QED) is 0.792. The molecule has 0 atom stereocenters. The van der Waals surface area contributed by atoms with E-state index in [4.69, 9.17) is 28.5 Å². The van der Waals surface area contributed by atoms with Crippen LogP contribution in [0, 0.1) is 17.2 Å². The number of nitrogens with zero attached hydrogens (tertiary/aromatic N) is 4. The van der Waals surface area contributed by atoms with Crippen LogP contribution in [0.25, 0.3) is 0 Å². The van der Waals surface area contributed by atoms with Crippen LogP contribution < -0.4 is 0 Å². The van der Waals surface area contributed by atoms with Gasteiger partial charge in [-0.2, -0.15) is 5.26 Å². The summed E-state index contributed by atoms with van der Waals surface area (Å²) in [4.78, 5) is 13.9. The zero-order chi connectivity index (χ0) is 13.1. The van der Waals surface area contributed by atoms with Crippen molar-refractivity contribution in [3.63, 3.8) is 0 Å². The molecule has 94 valence electrons. The molecule has 0 radical (unpaired) electrons. The second-order valence-electron chi connectivity index (χ2n) is 4.07. The molecule has 1 fully saturated rings. The van der Waals surface area contributed by atoms with E-state index in [2.05, 4.69) is 16.3 Å². The predicted octanol–water partition coefficient (Wildman–Crippen LogP) is 2.16. The number of aromatic nitrogens is 2. The van der Waals surface area contributed by atoms with Gasteiger partial charge in [0, 0.05) is 19.0 Å². The summed E-state index contributed by atoms with van der Waals surface area (Å²) in [6.45, 7) is 1.10. The molecule has 5 nitrogen and oxygen atoms in total. The molecule has 1 aliphatic rings. The van der Waals surface area contributed by atoms with Crippen molar-refractivity contribution in [2.75, 3.05) is 13.1 Å². The van der Waals surface area contributed by atoms with E-state index in [1.54, 1.807) is 4.90 Å². The van der Waals surface area contributed by atoms with Gasteiger partial charge >= 0.3 is 0 Å². The van der Waals surface area contributed by atoms with Crippen LogP contribution in [0.3, 0.4) is 0 Å². The molecular weight excluding hydrogens is 275 g/mol. The lowest BCUT2D eigenvalue weighted by atomic mass is 9.98. The van der Waals surface area contributed by atoms with E-state index in [-0.39, 0.29) is 27.7 Å². The highest BCUT2D eigenvalue weighted by molar-refractivity contribution is 6.34. The predicted molar refractivity (Wildman–Crippen MR) is 66.3 cm³/mol. The molecule has 2 heterocycles. The van der Waals surface area contributed by atoms with Crippen molar-refractivity contribution in [1.29, 1.82) is 5.26 Å². The summed E-state index contributed by atoms with van der Waals surface area (Å²) >= 11 is 11.5. The fraction of sp³-hybridized carbons (Fsp3) is 0.455. The molecule has 0 bridgehead atoms. The Labute approximate surface area is 114 Å². The standard InChI is InChI=1S/C11H10Cl2N4O/c12-9-5-8(10(13)16-15-9)11(18)17-3-1-7(6-14)2-4-17/h5,7H,1-4H2. The second kappa shape index (κ2) is 5.51. The van der Waals surface area contributed by atoms with E-state index in [9.17, 15) is 4.79 Å². The molecule has 1 amide bonds. The Hall–Kier alpha value is -1.38. The summed E-state index contributed by atoms with van der Waals surface area (Å²) in [7, 11) is 0. The smallest absolute Gasteiger partial charge is 0.257 e. The molecule has 1 aliphatic heterocycles. The maximum Gasteiger partial charge on any atom is 0.257 e. The van der Waals surface area contributed by atoms with Gasteiger partial charge in [0.15, 0.2) is 10.3 Å². The maximum absolute atomic E-state index is 12.2. The third kappa shape index (κ3) is 2.71. The van der Waals surface area contributed by atoms with Crippen molar-refractivity contribution in [3.8, 4) is 6.07 Å². The van der Waals surface area contributed by atoms with Gasteiger partial charge in [-0.1, -0.05) is 23.2 Å². The van der Waals surface area contributed by atoms with E-state index in [0.717, 1.165) is 0 Å². The molecule has 0 unspecified atom stereocenters. The number of halogens is 2. The van der Waals surface area contributed by atoms with Crippen molar-refractivity contribution < 1.29 is 4.79 Å². The summed E-state index contributed by atoms with van der Waals surface area (Å²) in [5.41, 5.74) is 0.257. The number of nitriles is 1. The minimum atomic E-state index is -0.215. The van der Waals surface area contributed by atoms with Crippen LogP contribution in [-0.2, 0) is 0 Å². The number of hydrogen-bond donors (Lipinski definition) is 0. The molecule has 0 aromatic carbocycles. The summed E-state index contributed by atoms with van der Waals surface area (Å²) in [6, 6.07) is 3.63. The van der Waals surface area contributed by atoms with E-state index in [1.165, 1.54) is 6.07 Å². The topological polar surface area (TPSA) is 69.9 Å². The highest BCUT2D eigenvalue weighted by atomic mass is 35.5. The number of amides is 1. The average molecular weight is 285 g/mol. The van der Waals surface area contributed by atoms with Crippen LogP contribution in [0.2, 0.25) is 10.3 Å². The third-order valence-corrected chi connectivity index (χ3v) is 3.38. The molecule has 18 heavy (non-hydrogen) atoms. The van der Waals surface area contributed by atoms with Gasteiger partial charge in [-0.05, 0) is 18.9 Å². The lowest BCUT2D eigenvalue weighted by Crippen LogP contribution is -2.38. The van der Waals surface area contributed by atoms with Crippen LogP contribution >= 0.6 is 23.2 Å². The highest BCUT2D eigenvalue weighted by Crippen LogP contribution is 2.21. The van der Waals surface area contributed by atoms with Gasteiger partial charge in [0.2, 0.25) is 0 Å². The van der Waals surface area contributed by atoms with Gasteiger partial charge < -0.3 is 4.90 Å². The Kier molecular flexibility index (Phi) is 4.00. The number of likely N-dealkylation sites (tertiary alicyclic amines) is 1. The first kappa shape index (κ1) is 13.1. The van der Waals surface area contributed by atoms with Crippen LogP contribution in [0.15, 0.2) is 6.07 Å². The van der Waals surface area contributed by atoms with Gasteiger partial charge in [0.25, 0.3) is 5.91 Å². The molecule has 0 aliphatic carbocycles. The number of hydrogen-bond acceptors (Lipinski definition) is 4. The SMILES string of the molecule is N#CC1CCN(C(=O)c2cc(Cl)nnc2Cl)CC1. The molecule has 1 aromatic rings. The average Bonchev–Trinajstić information content (AvgIpc) is 2.41. The van der Waals surface area contributed by atoms with Crippen molar-refractivity contribution in [1.82, 2.24) is 15.1 Å². The monoisotopic (exact) mass is 284 g/mol. The van der Waals surface area contributed by atoms with E-state index in [1.807, 2.05) is 0 Å². The van der Waals surface area contributed by atoms with Crippen molar-refractivity contribution >= 4 is 29.1 Å². The van der Waals surface area contributed by atoms with Gasteiger partial charge in [-0.15, -0.1) is 10.2 Å². The zero-order valence-corrected chi connectivity index (χ0v) is 10.9. The summed E-state index contributed by atoms with van der Waals surface area (Å²) < 4.78 is 0.